The average molecular weight is 237 g/mol. The molecule has 0 spiro atoms. The summed E-state index contributed by atoms with van der Waals surface area (Å²) in [4.78, 5) is 7.89. The van der Waals surface area contributed by atoms with E-state index in [0.29, 0.717) is 11.0 Å². The highest BCUT2D eigenvalue weighted by molar-refractivity contribution is 6.40. The van der Waals surface area contributed by atoms with Gasteiger partial charge in [0.15, 0.2) is 10.3 Å². The molecule has 0 aliphatic carbocycles. The van der Waals surface area contributed by atoms with Crippen LogP contribution in [0, 0.1) is 0 Å². The van der Waals surface area contributed by atoms with Crippen molar-refractivity contribution in [3.8, 4) is 0 Å². The van der Waals surface area contributed by atoms with E-state index in [-0.39, 0.29) is 22.7 Å². The van der Waals surface area contributed by atoms with Gasteiger partial charge in [0.2, 0.25) is 0 Å². The Morgan fingerprint density at radius 1 is 0.846 bits per heavy atom. The predicted molar refractivity (Wildman–Crippen MR) is 52.4 cm³/mol. The van der Waals surface area contributed by atoms with Crippen molar-refractivity contribution < 1.29 is 0 Å². The number of halogens is 3. The summed E-state index contributed by atoms with van der Waals surface area (Å²) in [7, 11) is 0. The Morgan fingerprint density at radius 3 is 1.62 bits per heavy atom. The normalized spacial score (nSPS) is 9.69. The fourth-order valence-electron chi connectivity index (χ4n) is 0.784. The minimum Gasteiger partial charge on any atom is -0.229 e. The molecule has 68 valence electrons. The van der Waals surface area contributed by atoms with Gasteiger partial charge in [-0.3, -0.25) is 0 Å². The molecule has 2 rings (SSSR count). The third-order valence-electron chi connectivity index (χ3n) is 1.30. The SMILES string of the molecule is Cl.Clc1nc2cnncc2nc1Cl. The first-order chi connectivity index (χ1) is 5.77. The number of rotatable bonds is 0. The third-order valence-corrected chi connectivity index (χ3v) is 1.92. The first-order valence-electron chi connectivity index (χ1n) is 3.07. The third kappa shape index (κ3) is 1.96. The summed E-state index contributed by atoms with van der Waals surface area (Å²) >= 11 is 11.3. The van der Waals surface area contributed by atoms with Crippen LogP contribution in [0.5, 0.6) is 0 Å². The zero-order valence-corrected chi connectivity index (χ0v) is 8.44. The summed E-state index contributed by atoms with van der Waals surface area (Å²) in [6.45, 7) is 0. The summed E-state index contributed by atoms with van der Waals surface area (Å²) in [5.41, 5.74) is 1.17. The van der Waals surface area contributed by atoms with Crippen molar-refractivity contribution in [3.63, 3.8) is 0 Å². The molecule has 0 aromatic carbocycles. The van der Waals surface area contributed by atoms with E-state index in [0.717, 1.165) is 0 Å². The second kappa shape index (κ2) is 4.00. The van der Waals surface area contributed by atoms with Crippen LogP contribution >= 0.6 is 35.6 Å². The molecule has 0 aliphatic rings. The molecule has 0 fully saturated rings. The Morgan fingerprint density at radius 2 is 1.23 bits per heavy atom. The quantitative estimate of drug-likeness (QED) is 0.704. The van der Waals surface area contributed by atoms with E-state index in [2.05, 4.69) is 20.2 Å². The van der Waals surface area contributed by atoms with Crippen molar-refractivity contribution in [2.24, 2.45) is 0 Å². The fraction of sp³-hybridized carbons (Fsp3) is 0. The van der Waals surface area contributed by atoms with E-state index >= 15 is 0 Å². The lowest BCUT2D eigenvalue weighted by molar-refractivity contribution is 1.03. The van der Waals surface area contributed by atoms with E-state index in [9.17, 15) is 0 Å². The Balaban J connectivity index is 0.000000845. The van der Waals surface area contributed by atoms with Gasteiger partial charge in [-0.2, -0.15) is 10.2 Å². The van der Waals surface area contributed by atoms with Crippen LogP contribution in [-0.4, -0.2) is 20.2 Å². The van der Waals surface area contributed by atoms with Gasteiger partial charge >= 0.3 is 0 Å². The van der Waals surface area contributed by atoms with Gasteiger partial charge in [0, 0.05) is 0 Å². The maximum absolute atomic E-state index is 5.63. The highest BCUT2D eigenvalue weighted by atomic mass is 35.5. The topological polar surface area (TPSA) is 51.6 Å². The zero-order chi connectivity index (χ0) is 8.55. The Bertz CT molecular complexity index is 393. The molecule has 2 aromatic rings. The van der Waals surface area contributed by atoms with Gasteiger partial charge in [-0.25, -0.2) is 9.97 Å². The van der Waals surface area contributed by atoms with Crippen LogP contribution in [0.2, 0.25) is 10.3 Å². The second-order valence-corrected chi connectivity index (χ2v) is 2.78. The minimum absolute atomic E-state index is 0. The Kier molecular flexibility index (Phi) is 3.19. The van der Waals surface area contributed by atoms with E-state index in [1.54, 1.807) is 0 Å². The molecule has 4 nitrogen and oxygen atoms in total. The summed E-state index contributed by atoms with van der Waals surface area (Å²) in [6.07, 6.45) is 2.95. The molecule has 0 saturated heterocycles. The summed E-state index contributed by atoms with van der Waals surface area (Å²) < 4.78 is 0. The largest absolute Gasteiger partial charge is 0.229 e. The van der Waals surface area contributed by atoms with Crippen molar-refractivity contribution in [1.82, 2.24) is 20.2 Å². The van der Waals surface area contributed by atoms with Gasteiger partial charge in [0.1, 0.15) is 11.0 Å². The highest BCUT2D eigenvalue weighted by Gasteiger charge is 2.03. The Labute approximate surface area is 89.7 Å². The molecule has 0 atom stereocenters. The average Bonchev–Trinajstić information content (AvgIpc) is 2.07. The molecular formula is C6H3Cl3N4. The Hall–Kier alpha value is -0.710. The molecule has 0 saturated carbocycles. The van der Waals surface area contributed by atoms with Crippen LogP contribution in [0.1, 0.15) is 0 Å². The van der Waals surface area contributed by atoms with Crippen LogP contribution in [0.4, 0.5) is 0 Å². The molecule has 0 amide bonds. The van der Waals surface area contributed by atoms with Gasteiger partial charge in [0.25, 0.3) is 0 Å². The predicted octanol–water partition coefficient (Wildman–Crippen LogP) is 2.15. The number of hydrogen-bond donors (Lipinski definition) is 0. The fourth-order valence-corrected chi connectivity index (χ4v) is 1.05. The molecule has 0 bridgehead atoms. The molecule has 0 N–H and O–H groups in total. The monoisotopic (exact) mass is 236 g/mol. The van der Waals surface area contributed by atoms with Crippen molar-refractivity contribution in [3.05, 3.63) is 22.7 Å². The van der Waals surface area contributed by atoms with Gasteiger partial charge in [-0.15, -0.1) is 12.4 Å². The highest BCUT2D eigenvalue weighted by Crippen LogP contribution is 2.19. The second-order valence-electron chi connectivity index (χ2n) is 2.06. The lowest BCUT2D eigenvalue weighted by atomic mass is 10.4. The first kappa shape index (κ1) is 10.4. The van der Waals surface area contributed by atoms with Gasteiger partial charge in [-0.05, 0) is 0 Å². The zero-order valence-electron chi connectivity index (χ0n) is 6.11. The van der Waals surface area contributed by atoms with Crippen molar-refractivity contribution in [1.29, 1.82) is 0 Å². The molecule has 0 radical (unpaired) electrons. The van der Waals surface area contributed by atoms with E-state index in [1.807, 2.05) is 0 Å². The summed E-state index contributed by atoms with van der Waals surface area (Å²) in [5.74, 6) is 0. The van der Waals surface area contributed by atoms with E-state index < -0.39 is 0 Å². The van der Waals surface area contributed by atoms with Crippen LogP contribution in [0.15, 0.2) is 12.4 Å². The minimum atomic E-state index is 0. The molecule has 7 heteroatoms. The van der Waals surface area contributed by atoms with E-state index in [1.165, 1.54) is 12.4 Å². The van der Waals surface area contributed by atoms with Gasteiger partial charge in [0.05, 0.1) is 12.4 Å². The molecule has 0 aliphatic heterocycles. The smallest absolute Gasteiger partial charge is 0.167 e. The molecule has 13 heavy (non-hydrogen) atoms. The standard InChI is InChI=1S/C6H2Cl2N4.ClH/c7-5-6(8)12-4-2-10-9-1-3(4)11-5;/h1-2H;1H. The summed E-state index contributed by atoms with van der Waals surface area (Å²) in [6, 6.07) is 0. The van der Waals surface area contributed by atoms with E-state index in [4.69, 9.17) is 23.2 Å². The van der Waals surface area contributed by atoms with Crippen LogP contribution in [0.3, 0.4) is 0 Å². The molecular weight excluding hydrogens is 234 g/mol. The number of fused-ring (bicyclic) bond motifs is 1. The van der Waals surface area contributed by atoms with Gasteiger partial charge < -0.3 is 0 Å². The lowest BCUT2D eigenvalue weighted by Crippen LogP contribution is -1.89. The maximum atomic E-state index is 5.63. The maximum Gasteiger partial charge on any atom is 0.167 e. The van der Waals surface area contributed by atoms with Crippen LogP contribution in [-0.2, 0) is 0 Å². The molecule has 2 heterocycles. The number of nitrogens with zero attached hydrogens (tertiary/aromatic N) is 4. The van der Waals surface area contributed by atoms with Gasteiger partial charge in [-0.1, -0.05) is 23.2 Å². The molecule has 2 aromatic heterocycles. The number of hydrogen-bond acceptors (Lipinski definition) is 4. The summed E-state index contributed by atoms with van der Waals surface area (Å²) in [5, 5.41) is 7.61. The van der Waals surface area contributed by atoms with Crippen molar-refractivity contribution in [2.75, 3.05) is 0 Å². The van der Waals surface area contributed by atoms with Crippen molar-refractivity contribution in [2.45, 2.75) is 0 Å². The van der Waals surface area contributed by atoms with Crippen LogP contribution in [0.25, 0.3) is 11.0 Å². The first-order valence-corrected chi connectivity index (χ1v) is 3.82. The van der Waals surface area contributed by atoms with Crippen LogP contribution < -0.4 is 0 Å². The number of aromatic nitrogens is 4. The molecule has 0 unspecified atom stereocenters. The lowest BCUT2D eigenvalue weighted by Gasteiger charge is -1.96. The van der Waals surface area contributed by atoms with Crippen molar-refractivity contribution >= 4 is 46.6 Å².